The van der Waals surface area contributed by atoms with Crippen LogP contribution in [0.5, 0.6) is 0 Å². The van der Waals surface area contributed by atoms with Crippen molar-refractivity contribution in [2.45, 2.75) is 13.0 Å². The van der Waals surface area contributed by atoms with E-state index in [1.54, 1.807) is 0 Å². The number of nitrogens with one attached hydrogen (secondary N) is 1. The summed E-state index contributed by atoms with van der Waals surface area (Å²) < 4.78 is 0. The lowest BCUT2D eigenvalue weighted by Gasteiger charge is -2.34. The maximum absolute atomic E-state index is 12.2. The largest absolute Gasteiger partial charge is 0.340 e. The van der Waals surface area contributed by atoms with Gasteiger partial charge in [0, 0.05) is 58.8 Å². The highest BCUT2D eigenvalue weighted by Crippen LogP contribution is 2.09. The van der Waals surface area contributed by atoms with Crippen molar-refractivity contribution in [2.75, 3.05) is 59.9 Å². The zero-order chi connectivity index (χ0) is 16.5. The van der Waals surface area contributed by atoms with Gasteiger partial charge in [0.05, 0.1) is 0 Å². The van der Waals surface area contributed by atoms with Gasteiger partial charge in [-0.25, -0.2) is 0 Å². The van der Waals surface area contributed by atoms with Crippen LogP contribution in [0.3, 0.4) is 0 Å². The molecule has 0 atom stereocenters. The minimum Gasteiger partial charge on any atom is -0.340 e. The molecule has 0 saturated carbocycles. The number of hydrogen-bond donors (Lipinski definition) is 1. The van der Waals surface area contributed by atoms with E-state index < -0.39 is 0 Å². The molecule has 0 aromatic heterocycles. The summed E-state index contributed by atoms with van der Waals surface area (Å²) in [5.41, 5.74) is 1.34. The van der Waals surface area contributed by atoms with Gasteiger partial charge in [-0.2, -0.15) is 0 Å². The topological polar surface area (TPSA) is 38.8 Å². The Labute approximate surface area is 140 Å². The first-order valence-electron chi connectivity index (χ1n) is 8.54. The van der Waals surface area contributed by atoms with Crippen LogP contribution in [-0.4, -0.2) is 80.5 Å². The Morgan fingerprint density at radius 1 is 1.09 bits per heavy atom. The number of carbonyl (C=O) groups excluding carboxylic acids is 1. The third-order valence-electron chi connectivity index (χ3n) is 4.23. The minimum atomic E-state index is 0.279. The fourth-order valence-corrected chi connectivity index (χ4v) is 2.78. The fraction of sp³-hybridized carbons (Fsp3) is 0.611. The molecule has 1 saturated heterocycles. The molecule has 1 aliphatic rings. The number of hydrogen-bond acceptors (Lipinski definition) is 4. The van der Waals surface area contributed by atoms with E-state index in [-0.39, 0.29) is 5.91 Å². The lowest BCUT2D eigenvalue weighted by Crippen LogP contribution is -2.48. The van der Waals surface area contributed by atoms with Gasteiger partial charge in [-0.05, 0) is 19.7 Å². The molecule has 0 aliphatic carbocycles. The quantitative estimate of drug-likeness (QED) is 0.722. The first kappa shape index (κ1) is 17.9. The number of benzene rings is 1. The maximum Gasteiger partial charge on any atom is 0.223 e. The van der Waals surface area contributed by atoms with Gasteiger partial charge in [-0.1, -0.05) is 30.3 Å². The van der Waals surface area contributed by atoms with Crippen molar-refractivity contribution in [1.29, 1.82) is 0 Å². The van der Waals surface area contributed by atoms with Crippen molar-refractivity contribution in [3.63, 3.8) is 0 Å². The molecule has 128 valence electrons. The predicted molar refractivity (Wildman–Crippen MR) is 94.3 cm³/mol. The van der Waals surface area contributed by atoms with Gasteiger partial charge < -0.3 is 15.1 Å². The van der Waals surface area contributed by atoms with Gasteiger partial charge in [-0.3, -0.25) is 9.69 Å². The lowest BCUT2D eigenvalue weighted by molar-refractivity contribution is -0.132. The summed E-state index contributed by atoms with van der Waals surface area (Å²) in [6.45, 7) is 7.33. The maximum atomic E-state index is 12.2. The van der Waals surface area contributed by atoms with E-state index in [9.17, 15) is 4.79 Å². The molecule has 1 aromatic carbocycles. The van der Waals surface area contributed by atoms with Crippen LogP contribution in [0.15, 0.2) is 30.3 Å². The summed E-state index contributed by atoms with van der Waals surface area (Å²) in [6, 6.07) is 10.5. The molecule has 1 N–H and O–H groups in total. The molecule has 0 spiro atoms. The Kier molecular flexibility index (Phi) is 7.52. The number of nitrogens with zero attached hydrogens (tertiary/aromatic N) is 3. The minimum absolute atomic E-state index is 0.279. The van der Waals surface area contributed by atoms with E-state index in [0.29, 0.717) is 6.42 Å². The fourth-order valence-electron chi connectivity index (χ4n) is 2.78. The normalized spacial score (nSPS) is 16.0. The molecule has 1 aromatic rings. The molecule has 1 aliphatic heterocycles. The van der Waals surface area contributed by atoms with Crippen LogP contribution in [0.25, 0.3) is 0 Å². The van der Waals surface area contributed by atoms with Crippen molar-refractivity contribution in [2.24, 2.45) is 0 Å². The molecule has 1 fully saturated rings. The van der Waals surface area contributed by atoms with Crippen LogP contribution in [0, 0.1) is 0 Å². The smallest absolute Gasteiger partial charge is 0.223 e. The Morgan fingerprint density at radius 2 is 1.78 bits per heavy atom. The van der Waals surface area contributed by atoms with Gasteiger partial charge in [0.15, 0.2) is 0 Å². The molecule has 0 bridgehead atoms. The van der Waals surface area contributed by atoms with Crippen molar-refractivity contribution in [3.05, 3.63) is 35.9 Å². The van der Waals surface area contributed by atoms with Crippen LogP contribution in [0.4, 0.5) is 0 Å². The molecular formula is C18H30N4O. The number of piperazine rings is 1. The highest BCUT2D eigenvalue weighted by molar-refractivity contribution is 5.76. The van der Waals surface area contributed by atoms with Gasteiger partial charge in [0.2, 0.25) is 5.91 Å². The van der Waals surface area contributed by atoms with Crippen molar-refractivity contribution in [1.82, 2.24) is 20.0 Å². The molecule has 23 heavy (non-hydrogen) atoms. The highest BCUT2D eigenvalue weighted by atomic mass is 16.2. The number of likely N-dealkylation sites (N-methyl/N-ethyl adjacent to an activating group) is 1. The molecule has 0 radical (unpaired) electrons. The molecule has 1 amide bonds. The second-order valence-corrected chi connectivity index (χ2v) is 6.45. The lowest BCUT2D eigenvalue weighted by atomic mass is 10.2. The van der Waals surface area contributed by atoms with Crippen molar-refractivity contribution < 1.29 is 4.79 Å². The highest BCUT2D eigenvalue weighted by Gasteiger charge is 2.20. The van der Waals surface area contributed by atoms with Gasteiger partial charge in [0.1, 0.15) is 0 Å². The SMILES string of the molecule is CN(C)CCNCCC(=O)N1CCN(Cc2ccccc2)CC1. The van der Waals surface area contributed by atoms with Gasteiger partial charge in [-0.15, -0.1) is 0 Å². The summed E-state index contributed by atoms with van der Waals surface area (Å²) in [5, 5.41) is 3.33. The van der Waals surface area contributed by atoms with E-state index >= 15 is 0 Å². The van der Waals surface area contributed by atoms with E-state index in [0.717, 1.165) is 52.4 Å². The van der Waals surface area contributed by atoms with Gasteiger partial charge in [0.25, 0.3) is 0 Å². The van der Waals surface area contributed by atoms with E-state index in [2.05, 4.69) is 53.5 Å². The Balaban J connectivity index is 1.61. The van der Waals surface area contributed by atoms with E-state index in [4.69, 9.17) is 0 Å². The molecule has 5 nitrogen and oxygen atoms in total. The third-order valence-corrected chi connectivity index (χ3v) is 4.23. The van der Waals surface area contributed by atoms with Gasteiger partial charge >= 0.3 is 0 Å². The number of amides is 1. The molecule has 0 unspecified atom stereocenters. The molecule has 1 heterocycles. The van der Waals surface area contributed by atoms with Crippen LogP contribution < -0.4 is 5.32 Å². The summed E-state index contributed by atoms with van der Waals surface area (Å²) in [5.74, 6) is 0.279. The average molecular weight is 318 g/mol. The first-order chi connectivity index (χ1) is 11.1. The zero-order valence-corrected chi connectivity index (χ0v) is 14.5. The summed E-state index contributed by atoms with van der Waals surface area (Å²) in [4.78, 5) is 18.8. The first-order valence-corrected chi connectivity index (χ1v) is 8.54. The molecular weight excluding hydrogens is 288 g/mol. The monoisotopic (exact) mass is 318 g/mol. The summed E-state index contributed by atoms with van der Waals surface area (Å²) in [7, 11) is 4.11. The van der Waals surface area contributed by atoms with Crippen LogP contribution in [0.1, 0.15) is 12.0 Å². The van der Waals surface area contributed by atoms with E-state index in [1.807, 2.05) is 11.0 Å². The van der Waals surface area contributed by atoms with E-state index in [1.165, 1.54) is 5.56 Å². The number of carbonyl (C=O) groups is 1. The molecule has 5 heteroatoms. The average Bonchev–Trinajstić information content (AvgIpc) is 2.56. The van der Waals surface area contributed by atoms with Crippen molar-refractivity contribution in [3.8, 4) is 0 Å². The third kappa shape index (κ3) is 6.69. The van der Waals surface area contributed by atoms with Crippen LogP contribution in [0.2, 0.25) is 0 Å². The summed E-state index contributed by atoms with van der Waals surface area (Å²) in [6.07, 6.45) is 0.603. The number of rotatable bonds is 8. The van der Waals surface area contributed by atoms with Crippen molar-refractivity contribution >= 4 is 5.91 Å². The second kappa shape index (κ2) is 9.65. The standard InChI is InChI=1S/C18H30N4O/c1-20(2)11-10-19-9-8-18(23)22-14-12-21(13-15-22)16-17-6-4-3-5-7-17/h3-7,19H,8-16H2,1-2H3. The Morgan fingerprint density at radius 3 is 2.43 bits per heavy atom. The Bertz CT molecular complexity index is 455. The van der Waals surface area contributed by atoms with Crippen LogP contribution >= 0.6 is 0 Å². The predicted octanol–water partition coefficient (Wildman–Crippen LogP) is 0.872. The second-order valence-electron chi connectivity index (χ2n) is 6.45. The Hall–Kier alpha value is -1.43. The molecule has 2 rings (SSSR count). The summed E-state index contributed by atoms with van der Waals surface area (Å²) >= 11 is 0. The van der Waals surface area contributed by atoms with Crippen LogP contribution in [-0.2, 0) is 11.3 Å². The zero-order valence-electron chi connectivity index (χ0n) is 14.5.